The molecule has 0 fully saturated rings. The highest BCUT2D eigenvalue weighted by molar-refractivity contribution is 6.09. The Bertz CT molecular complexity index is 1020. The van der Waals surface area contributed by atoms with E-state index >= 15 is 0 Å². The number of amides is 1. The van der Waals surface area contributed by atoms with E-state index in [0.717, 1.165) is 17.3 Å². The average Bonchev–Trinajstić information content (AvgIpc) is 3.06. The third-order valence-corrected chi connectivity index (χ3v) is 5.00. The molecule has 0 spiro atoms. The number of aromatic nitrogens is 1. The molecule has 132 valence electrons. The molecule has 3 aromatic rings. The van der Waals surface area contributed by atoms with Crippen LogP contribution in [-0.2, 0) is 13.0 Å². The number of benzene rings is 2. The average molecular weight is 348 g/mol. The van der Waals surface area contributed by atoms with Crippen molar-refractivity contribution in [2.75, 3.05) is 13.7 Å². The maximum Gasteiger partial charge on any atom is 0.256 e. The van der Waals surface area contributed by atoms with Gasteiger partial charge in [-0.3, -0.25) is 14.2 Å². The third kappa shape index (κ3) is 2.65. The van der Waals surface area contributed by atoms with Crippen molar-refractivity contribution in [1.82, 2.24) is 9.47 Å². The van der Waals surface area contributed by atoms with Crippen molar-refractivity contribution in [2.24, 2.45) is 0 Å². The Morgan fingerprint density at radius 2 is 1.85 bits per heavy atom. The number of rotatable bonds is 2. The van der Waals surface area contributed by atoms with Gasteiger partial charge < -0.3 is 9.64 Å². The van der Waals surface area contributed by atoms with Crippen molar-refractivity contribution in [2.45, 2.75) is 19.9 Å². The lowest BCUT2D eigenvalue weighted by Gasteiger charge is -2.28. The molecule has 0 N–H and O–H groups in total. The van der Waals surface area contributed by atoms with Gasteiger partial charge in [0.25, 0.3) is 5.91 Å². The second-order valence-corrected chi connectivity index (χ2v) is 6.56. The van der Waals surface area contributed by atoms with Gasteiger partial charge in [-0.25, -0.2) is 0 Å². The molecule has 0 atom stereocenters. The fourth-order valence-corrected chi connectivity index (χ4v) is 3.61. The van der Waals surface area contributed by atoms with Gasteiger partial charge in [0.2, 0.25) is 5.91 Å². The van der Waals surface area contributed by atoms with Gasteiger partial charge in [-0.15, -0.1) is 0 Å². The minimum Gasteiger partial charge on any atom is -0.497 e. The van der Waals surface area contributed by atoms with Gasteiger partial charge >= 0.3 is 0 Å². The molecule has 5 heteroatoms. The summed E-state index contributed by atoms with van der Waals surface area (Å²) in [4.78, 5) is 27.1. The summed E-state index contributed by atoms with van der Waals surface area (Å²) in [5.74, 6) is 0.484. The van der Waals surface area contributed by atoms with Crippen LogP contribution in [0.3, 0.4) is 0 Å². The van der Waals surface area contributed by atoms with Crippen LogP contribution in [0.4, 0.5) is 0 Å². The highest BCUT2D eigenvalue weighted by Crippen LogP contribution is 2.28. The van der Waals surface area contributed by atoms with E-state index in [1.165, 1.54) is 22.6 Å². The summed E-state index contributed by atoms with van der Waals surface area (Å²) >= 11 is 0. The second kappa shape index (κ2) is 6.33. The van der Waals surface area contributed by atoms with Crippen LogP contribution in [0.15, 0.2) is 48.7 Å². The van der Waals surface area contributed by atoms with Gasteiger partial charge in [0.1, 0.15) is 5.75 Å². The lowest BCUT2D eigenvalue weighted by Crippen LogP contribution is -2.35. The van der Waals surface area contributed by atoms with Crippen LogP contribution in [-0.4, -0.2) is 34.9 Å². The number of nitrogens with zero attached hydrogens (tertiary/aromatic N) is 2. The minimum absolute atomic E-state index is 0.0576. The van der Waals surface area contributed by atoms with Crippen molar-refractivity contribution < 1.29 is 14.3 Å². The number of carbonyl (C=O) groups excluding carboxylic acids is 2. The summed E-state index contributed by atoms with van der Waals surface area (Å²) in [7, 11) is 1.59. The van der Waals surface area contributed by atoms with E-state index in [-0.39, 0.29) is 11.8 Å². The lowest BCUT2D eigenvalue weighted by molar-refractivity contribution is 0.0736. The van der Waals surface area contributed by atoms with Crippen molar-refractivity contribution in [3.05, 3.63) is 65.4 Å². The van der Waals surface area contributed by atoms with Crippen molar-refractivity contribution >= 4 is 22.7 Å². The maximum absolute atomic E-state index is 13.2. The zero-order valence-electron chi connectivity index (χ0n) is 14.9. The van der Waals surface area contributed by atoms with E-state index in [4.69, 9.17) is 4.74 Å². The normalized spacial score (nSPS) is 13.5. The van der Waals surface area contributed by atoms with E-state index < -0.39 is 0 Å². The predicted octanol–water partition coefficient (Wildman–Crippen LogP) is 3.51. The molecule has 0 unspecified atom stereocenters. The maximum atomic E-state index is 13.2. The molecular formula is C21H20N2O3. The quantitative estimate of drug-likeness (QED) is 0.712. The first-order valence-corrected chi connectivity index (χ1v) is 8.64. The molecule has 0 saturated heterocycles. The number of hydrogen-bond donors (Lipinski definition) is 0. The Hall–Kier alpha value is -3.08. The van der Waals surface area contributed by atoms with Crippen LogP contribution in [0.2, 0.25) is 0 Å². The molecule has 2 heterocycles. The number of hydrogen-bond acceptors (Lipinski definition) is 3. The van der Waals surface area contributed by atoms with E-state index in [2.05, 4.69) is 12.1 Å². The summed E-state index contributed by atoms with van der Waals surface area (Å²) in [6, 6.07) is 13.6. The summed E-state index contributed by atoms with van der Waals surface area (Å²) in [6.45, 7) is 2.76. The fraction of sp³-hybridized carbons (Fsp3) is 0.238. The molecule has 1 aliphatic rings. The van der Waals surface area contributed by atoms with Crippen LogP contribution < -0.4 is 4.74 Å². The predicted molar refractivity (Wildman–Crippen MR) is 99.7 cm³/mol. The molecule has 1 aromatic heterocycles. The number of fused-ring (bicyclic) bond motifs is 2. The summed E-state index contributed by atoms with van der Waals surface area (Å²) < 4.78 is 6.83. The SMILES string of the molecule is COc1ccc2c(c1)c(C(=O)N1CCc3ccccc3C1)cn2C(C)=O. The molecule has 0 bridgehead atoms. The summed E-state index contributed by atoms with van der Waals surface area (Å²) in [5, 5.41) is 0.739. The second-order valence-electron chi connectivity index (χ2n) is 6.56. The van der Waals surface area contributed by atoms with Crippen LogP contribution in [0.1, 0.15) is 33.2 Å². The Morgan fingerprint density at radius 3 is 2.58 bits per heavy atom. The van der Waals surface area contributed by atoms with Gasteiger partial charge in [0.05, 0.1) is 18.2 Å². The van der Waals surface area contributed by atoms with E-state index in [1.54, 1.807) is 19.4 Å². The molecule has 0 radical (unpaired) electrons. The molecule has 1 amide bonds. The molecule has 4 rings (SSSR count). The molecule has 2 aromatic carbocycles. The van der Waals surface area contributed by atoms with E-state index in [1.807, 2.05) is 29.2 Å². The number of methoxy groups -OCH3 is 1. The standard InChI is InChI=1S/C21H20N2O3/c1-14(24)23-13-19(18-11-17(26-2)7-8-20(18)23)21(25)22-10-9-15-5-3-4-6-16(15)12-22/h3-8,11,13H,9-10,12H2,1-2H3. The van der Waals surface area contributed by atoms with Crippen LogP contribution in [0.25, 0.3) is 10.9 Å². The Morgan fingerprint density at radius 1 is 1.08 bits per heavy atom. The lowest BCUT2D eigenvalue weighted by atomic mass is 9.99. The monoisotopic (exact) mass is 348 g/mol. The first-order chi connectivity index (χ1) is 12.6. The van der Waals surface area contributed by atoms with Gasteiger partial charge in [0, 0.05) is 31.6 Å². The Kier molecular flexibility index (Phi) is 3.99. The molecule has 0 aliphatic carbocycles. The summed E-state index contributed by atoms with van der Waals surface area (Å²) in [6.07, 6.45) is 2.49. The van der Waals surface area contributed by atoms with E-state index in [0.29, 0.717) is 24.4 Å². The van der Waals surface area contributed by atoms with Gasteiger partial charge in [-0.2, -0.15) is 0 Å². The highest BCUT2D eigenvalue weighted by Gasteiger charge is 2.25. The van der Waals surface area contributed by atoms with Crippen LogP contribution in [0.5, 0.6) is 5.75 Å². The summed E-state index contributed by atoms with van der Waals surface area (Å²) in [5.41, 5.74) is 3.73. The van der Waals surface area contributed by atoms with Gasteiger partial charge in [-0.1, -0.05) is 24.3 Å². The molecular weight excluding hydrogens is 328 g/mol. The largest absolute Gasteiger partial charge is 0.497 e. The van der Waals surface area contributed by atoms with Crippen LogP contribution >= 0.6 is 0 Å². The zero-order chi connectivity index (χ0) is 18.3. The van der Waals surface area contributed by atoms with Gasteiger partial charge in [0.15, 0.2) is 0 Å². The number of carbonyl (C=O) groups is 2. The minimum atomic E-state index is -0.122. The van der Waals surface area contributed by atoms with Gasteiger partial charge in [-0.05, 0) is 35.7 Å². The van der Waals surface area contributed by atoms with Crippen molar-refractivity contribution in [3.8, 4) is 5.75 Å². The third-order valence-electron chi connectivity index (χ3n) is 5.00. The Labute approximate surface area is 151 Å². The zero-order valence-corrected chi connectivity index (χ0v) is 14.9. The first-order valence-electron chi connectivity index (χ1n) is 8.64. The van der Waals surface area contributed by atoms with Crippen LogP contribution in [0, 0.1) is 0 Å². The first kappa shape index (κ1) is 16.4. The smallest absolute Gasteiger partial charge is 0.256 e. The molecule has 5 nitrogen and oxygen atoms in total. The molecule has 0 saturated carbocycles. The molecule has 1 aliphatic heterocycles. The topological polar surface area (TPSA) is 51.5 Å². The molecule has 26 heavy (non-hydrogen) atoms. The fourth-order valence-electron chi connectivity index (χ4n) is 3.61. The Balaban J connectivity index is 1.76. The van der Waals surface area contributed by atoms with E-state index in [9.17, 15) is 9.59 Å². The number of ether oxygens (including phenoxy) is 1. The highest BCUT2D eigenvalue weighted by atomic mass is 16.5. The van der Waals surface area contributed by atoms with Crippen molar-refractivity contribution in [1.29, 1.82) is 0 Å². The van der Waals surface area contributed by atoms with Crippen molar-refractivity contribution in [3.63, 3.8) is 0 Å².